The third-order valence-corrected chi connectivity index (χ3v) is 4.47. The summed E-state index contributed by atoms with van der Waals surface area (Å²) in [6.07, 6.45) is 7.00. The molecule has 2 unspecified atom stereocenters. The van der Waals surface area contributed by atoms with Gasteiger partial charge < -0.3 is 10.1 Å². The highest BCUT2D eigenvalue weighted by molar-refractivity contribution is 5.26. The number of nitrogens with one attached hydrogen (secondary N) is 1. The lowest BCUT2D eigenvalue weighted by molar-refractivity contribution is 0.00147. The smallest absolute Gasteiger partial charge is 0.0723 e. The van der Waals surface area contributed by atoms with Crippen molar-refractivity contribution in [3.63, 3.8) is 0 Å². The van der Waals surface area contributed by atoms with E-state index >= 15 is 0 Å². The molecule has 1 aliphatic rings. The van der Waals surface area contributed by atoms with Gasteiger partial charge in [-0.2, -0.15) is 0 Å². The summed E-state index contributed by atoms with van der Waals surface area (Å²) in [7, 11) is 0. The van der Waals surface area contributed by atoms with E-state index in [4.69, 9.17) is 4.74 Å². The van der Waals surface area contributed by atoms with Gasteiger partial charge in [0.15, 0.2) is 0 Å². The zero-order valence-electron chi connectivity index (χ0n) is 13.0. The molecular formula is C18H29NO. The first kappa shape index (κ1) is 15.5. The van der Waals surface area contributed by atoms with Crippen LogP contribution < -0.4 is 5.32 Å². The Bertz CT molecular complexity index is 391. The number of rotatable bonds is 7. The molecule has 0 bridgehead atoms. The lowest BCUT2D eigenvalue weighted by Crippen LogP contribution is -2.23. The quantitative estimate of drug-likeness (QED) is 0.802. The lowest BCUT2D eigenvalue weighted by Gasteiger charge is -2.28. The van der Waals surface area contributed by atoms with Crippen molar-refractivity contribution in [2.75, 3.05) is 6.54 Å². The standard InChI is InChI=1S/C18H29NO/c1-3-15-8-7-11-18(12-15)20-14-17-10-6-5-9-16(17)13-19-4-2/h5-6,9-10,15,18-19H,3-4,7-8,11-14H2,1-2H3. The van der Waals surface area contributed by atoms with Gasteiger partial charge in [0.25, 0.3) is 0 Å². The van der Waals surface area contributed by atoms with Crippen LogP contribution in [-0.4, -0.2) is 12.6 Å². The van der Waals surface area contributed by atoms with E-state index in [1.54, 1.807) is 0 Å². The maximum Gasteiger partial charge on any atom is 0.0723 e. The van der Waals surface area contributed by atoms with Crippen molar-refractivity contribution < 1.29 is 4.74 Å². The normalized spacial score (nSPS) is 22.9. The second kappa shape index (κ2) is 8.43. The Morgan fingerprint density at radius 2 is 1.95 bits per heavy atom. The average molecular weight is 275 g/mol. The summed E-state index contributed by atoms with van der Waals surface area (Å²) in [5, 5.41) is 3.40. The number of hydrogen-bond acceptors (Lipinski definition) is 2. The Kier molecular flexibility index (Phi) is 6.55. The van der Waals surface area contributed by atoms with Gasteiger partial charge in [-0.15, -0.1) is 0 Å². The molecule has 2 nitrogen and oxygen atoms in total. The summed E-state index contributed by atoms with van der Waals surface area (Å²) in [5.74, 6) is 0.880. The Morgan fingerprint density at radius 1 is 1.15 bits per heavy atom. The molecule has 1 aliphatic carbocycles. The minimum Gasteiger partial charge on any atom is -0.374 e. The maximum absolute atomic E-state index is 6.19. The second-order valence-corrected chi connectivity index (χ2v) is 5.92. The second-order valence-electron chi connectivity index (χ2n) is 5.92. The Labute approximate surface area is 123 Å². The fourth-order valence-corrected chi connectivity index (χ4v) is 3.10. The number of benzene rings is 1. The molecule has 2 rings (SSSR count). The monoisotopic (exact) mass is 275 g/mol. The van der Waals surface area contributed by atoms with Gasteiger partial charge >= 0.3 is 0 Å². The fraction of sp³-hybridized carbons (Fsp3) is 0.667. The van der Waals surface area contributed by atoms with Crippen molar-refractivity contribution in [1.29, 1.82) is 0 Å². The number of hydrogen-bond donors (Lipinski definition) is 1. The molecule has 20 heavy (non-hydrogen) atoms. The number of ether oxygens (including phenoxy) is 1. The van der Waals surface area contributed by atoms with Crippen LogP contribution in [0.1, 0.15) is 57.1 Å². The van der Waals surface area contributed by atoms with Gasteiger partial charge in [-0.1, -0.05) is 57.4 Å². The minimum absolute atomic E-state index is 0.473. The van der Waals surface area contributed by atoms with E-state index in [1.807, 2.05) is 0 Å². The Balaban J connectivity index is 1.86. The first-order valence-corrected chi connectivity index (χ1v) is 8.22. The molecule has 0 aliphatic heterocycles. The fourth-order valence-electron chi connectivity index (χ4n) is 3.10. The first-order valence-electron chi connectivity index (χ1n) is 8.22. The predicted molar refractivity (Wildman–Crippen MR) is 84.6 cm³/mol. The van der Waals surface area contributed by atoms with Crippen molar-refractivity contribution in [2.45, 2.75) is 65.2 Å². The van der Waals surface area contributed by atoms with E-state index in [1.165, 1.54) is 43.2 Å². The zero-order chi connectivity index (χ0) is 14.2. The summed E-state index contributed by atoms with van der Waals surface area (Å²) in [5.41, 5.74) is 2.71. The van der Waals surface area contributed by atoms with Crippen LogP contribution in [0.5, 0.6) is 0 Å². The van der Waals surface area contributed by atoms with Crippen LogP contribution in [0.4, 0.5) is 0 Å². The van der Waals surface area contributed by atoms with Gasteiger partial charge in [-0.05, 0) is 36.4 Å². The molecule has 0 heterocycles. The van der Waals surface area contributed by atoms with Crippen molar-refractivity contribution >= 4 is 0 Å². The highest BCUT2D eigenvalue weighted by atomic mass is 16.5. The van der Waals surface area contributed by atoms with Crippen LogP contribution in [0.3, 0.4) is 0 Å². The van der Waals surface area contributed by atoms with Crippen molar-refractivity contribution in [3.8, 4) is 0 Å². The van der Waals surface area contributed by atoms with E-state index in [2.05, 4.69) is 43.4 Å². The summed E-state index contributed by atoms with van der Waals surface area (Å²) < 4.78 is 6.19. The molecule has 1 saturated carbocycles. The third kappa shape index (κ3) is 4.60. The van der Waals surface area contributed by atoms with Gasteiger partial charge in [0.2, 0.25) is 0 Å². The SMILES string of the molecule is CCNCc1ccccc1COC1CCCC(CC)C1. The molecule has 0 spiro atoms. The van der Waals surface area contributed by atoms with Crippen LogP contribution in [0.25, 0.3) is 0 Å². The molecule has 112 valence electrons. The zero-order valence-corrected chi connectivity index (χ0v) is 13.0. The molecule has 0 amide bonds. The maximum atomic E-state index is 6.19. The summed E-state index contributed by atoms with van der Waals surface area (Å²) in [6.45, 7) is 7.17. The van der Waals surface area contributed by atoms with Gasteiger partial charge in [0, 0.05) is 6.54 Å². The summed E-state index contributed by atoms with van der Waals surface area (Å²) in [6, 6.07) is 8.64. The van der Waals surface area contributed by atoms with E-state index in [-0.39, 0.29) is 0 Å². The minimum atomic E-state index is 0.473. The van der Waals surface area contributed by atoms with Crippen LogP contribution in [0.15, 0.2) is 24.3 Å². The van der Waals surface area contributed by atoms with Crippen molar-refractivity contribution in [1.82, 2.24) is 5.32 Å². The molecule has 1 aromatic carbocycles. The topological polar surface area (TPSA) is 21.3 Å². The molecule has 1 N–H and O–H groups in total. The van der Waals surface area contributed by atoms with Crippen molar-refractivity contribution in [3.05, 3.63) is 35.4 Å². The van der Waals surface area contributed by atoms with Crippen LogP contribution >= 0.6 is 0 Å². The van der Waals surface area contributed by atoms with E-state index in [9.17, 15) is 0 Å². The first-order chi connectivity index (χ1) is 9.83. The van der Waals surface area contributed by atoms with Gasteiger partial charge in [-0.3, -0.25) is 0 Å². The molecule has 0 radical (unpaired) electrons. The van der Waals surface area contributed by atoms with Gasteiger partial charge in [0.1, 0.15) is 0 Å². The lowest BCUT2D eigenvalue weighted by atomic mass is 9.85. The predicted octanol–water partition coefficient (Wildman–Crippen LogP) is 4.28. The molecule has 0 saturated heterocycles. The van der Waals surface area contributed by atoms with Crippen molar-refractivity contribution in [2.24, 2.45) is 5.92 Å². The van der Waals surface area contributed by atoms with Crippen LogP contribution in [-0.2, 0) is 17.9 Å². The average Bonchev–Trinajstić information content (AvgIpc) is 2.52. The van der Waals surface area contributed by atoms with Gasteiger partial charge in [-0.25, -0.2) is 0 Å². The van der Waals surface area contributed by atoms with Gasteiger partial charge in [0.05, 0.1) is 12.7 Å². The summed E-state index contributed by atoms with van der Waals surface area (Å²) >= 11 is 0. The molecule has 2 heteroatoms. The van der Waals surface area contributed by atoms with E-state index in [0.29, 0.717) is 6.10 Å². The molecule has 2 atom stereocenters. The molecule has 1 fully saturated rings. The van der Waals surface area contributed by atoms with E-state index < -0.39 is 0 Å². The molecule has 0 aromatic heterocycles. The largest absolute Gasteiger partial charge is 0.374 e. The molecule has 1 aromatic rings. The molecular weight excluding hydrogens is 246 g/mol. The summed E-state index contributed by atoms with van der Waals surface area (Å²) in [4.78, 5) is 0. The highest BCUT2D eigenvalue weighted by Crippen LogP contribution is 2.29. The Hall–Kier alpha value is -0.860. The highest BCUT2D eigenvalue weighted by Gasteiger charge is 2.21. The third-order valence-electron chi connectivity index (χ3n) is 4.47. The van der Waals surface area contributed by atoms with Crippen LogP contribution in [0, 0.1) is 5.92 Å². The Morgan fingerprint density at radius 3 is 2.70 bits per heavy atom. The van der Waals surface area contributed by atoms with E-state index in [0.717, 1.165) is 25.6 Å². The van der Waals surface area contributed by atoms with Crippen LogP contribution in [0.2, 0.25) is 0 Å².